The van der Waals surface area contributed by atoms with Crippen LogP contribution in [0.3, 0.4) is 0 Å². The van der Waals surface area contributed by atoms with E-state index in [1.165, 1.54) is 48.9 Å². The summed E-state index contributed by atoms with van der Waals surface area (Å²) in [5.41, 5.74) is 1.23. The van der Waals surface area contributed by atoms with Crippen LogP contribution in [0.4, 0.5) is 5.69 Å². The van der Waals surface area contributed by atoms with Crippen molar-refractivity contribution in [1.82, 2.24) is 9.88 Å². The van der Waals surface area contributed by atoms with Crippen molar-refractivity contribution in [2.45, 2.75) is 32.7 Å². The Morgan fingerprint density at radius 3 is 3.05 bits per heavy atom. The molecule has 0 aliphatic carbocycles. The van der Waals surface area contributed by atoms with Crippen molar-refractivity contribution in [3.63, 3.8) is 0 Å². The van der Waals surface area contributed by atoms with Crippen molar-refractivity contribution >= 4 is 16.5 Å². The lowest BCUT2D eigenvalue weighted by Gasteiger charge is -2.18. The van der Waals surface area contributed by atoms with Crippen molar-refractivity contribution < 1.29 is 0 Å². The van der Waals surface area contributed by atoms with Crippen LogP contribution < -0.4 is 5.32 Å². The Labute approximate surface area is 127 Å². The average Bonchev–Trinajstić information content (AvgIpc) is 2.92. The van der Waals surface area contributed by atoms with Crippen LogP contribution in [0.25, 0.3) is 10.8 Å². The number of likely N-dealkylation sites (tertiary alicyclic amines) is 1. The van der Waals surface area contributed by atoms with Crippen LogP contribution >= 0.6 is 0 Å². The molecule has 112 valence electrons. The predicted octanol–water partition coefficient (Wildman–Crippen LogP) is 3.77. The number of benzene rings is 1. The third kappa shape index (κ3) is 3.73. The van der Waals surface area contributed by atoms with E-state index in [-0.39, 0.29) is 0 Å². The Bertz CT molecular complexity index is 594. The predicted molar refractivity (Wildman–Crippen MR) is 89.7 cm³/mol. The maximum atomic E-state index is 4.16. The number of anilines is 1. The molecule has 3 heteroatoms. The maximum absolute atomic E-state index is 4.16. The van der Waals surface area contributed by atoms with E-state index in [1.807, 2.05) is 12.4 Å². The first-order chi connectivity index (χ1) is 10.2. The fourth-order valence-corrected chi connectivity index (χ4v) is 3.00. The zero-order chi connectivity index (χ0) is 14.7. The highest BCUT2D eigenvalue weighted by atomic mass is 15.2. The first kappa shape index (κ1) is 14.3. The van der Waals surface area contributed by atoms with Gasteiger partial charge in [-0.15, -0.1) is 0 Å². The third-order valence-electron chi connectivity index (χ3n) is 4.31. The van der Waals surface area contributed by atoms with Gasteiger partial charge in [-0.25, -0.2) is 0 Å². The van der Waals surface area contributed by atoms with Crippen molar-refractivity contribution in [2.24, 2.45) is 5.92 Å². The summed E-state index contributed by atoms with van der Waals surface area (Å²) in [6.45, 7) is 8.23. The Morgan fingerprint density at radius 1 is 1.29 bits per heavy atom. The molecule has 1 fully saturated rings. The molecule has 1 N–H and O–H groups in total. The van der Waals surface area contributed by atoms with Crippen molar-refractivity contribution in [2.75, 3.05) is 25.0 Å². The topological polar surface area (TPSA) is 28.2 Å². The molecule has 1 aromatic heterocycles. The van der Waals surface area contributed by atoms with E-state index in [1.54, 1.807) is 0 Å². The average molecular weight is 283 g/mol. The first-order valence-corrected chi connectivity index (χ1v) is 8.03. The van der Waals surface area contributed by atoms with E-state index in [2.05, 4.69) is 53.3 Å². The molecular formula is C18H25N3. The van der Waals surface area contributed by atoms with Gasteiger partial charge in [0.15, 0.2) is 0 Å². The number of rotatable bonds is 5. The molecule has 1 atom stereocenters. The number of nitrogens with zero attached hydrogens (tertiary/aromatic N) is 2. The van der Waals surface area contributed by atoms with Crippen LogP contribution in [0.5, 0.6) is 0 Å². The molecule has 1 aromatic carbocycles. The second-order valence-electron chi connectivity index (χ2n) is 6.55. The summed E-state index contributed by atoms with van der Waals surface area (Å²) in [6, 6.07) is 9.20. The molecule has 2 aromatic rings. The van der Waals surface area contributed by atoms with Crippen LogP contribution in [0, 0.1) is 5.92 Å². The van der Waals surface area contributed by atoms with Crippen LogP contribution in [-0.2, 0) is 0 Å². The lowest BCUT2D eigenvalue weighted by Crippen LogP contribution is -2.27. The summed E-state index contributed by atoms with van der Waals surface area (Å²) >= 11 is 0. The van der Waals surface area contributed by atoms with Gasteiger partial charge in [-0.2, -0.15) is 0 Å². The minimum atomic E-state index is 0.580. The first-order valence-electron chi connectivity index (χ1n) is 8.03. The lowest BCUT2D eigenvalue weighted by atomic mass is 10.1. The van der Waals surface area contributed by atoms with Gasteiger partial charge in [-0.3, -0.25) is 4.98 Å². The zero-order valence-corrected chi connectivity index (χ0v) is 13.0. The van der Waals surface area contributed by atoms with Gasteiger partial charge in [-0.05, 0) is 48.9 Å². The fourth-order valence-electron chi connectivity index (χ4n) is 3.00. The largest absolute Gasteiger partial charge is 0.381 e. The van der Waals surface area contributed by atoms with Gasteiger partial charge in [0.05, 0.1) is 0 Å². The third-order valence-corrected chi connectivity index (χ3v) is 4.31. The van der Waals surface area contributed by atoms with Crippen LogP contribution in [0.1, 0.15) is 26.7 Å². The highest BCUT2D eigenvalue weighted by Crippen LogP contribution is 2.21. The molecule has 1 unspecified atom stereocenters. The maximum Gasteiger partial charge on any atom is 0.0400 e. The monoisotopic (exact) mass is 283 g/mol. The van der Waals surface area contributed by atoms with E-state index in [0.29, 0.717) is 6.04 Å². The minimum absolute atomic E-state index is 0.580. The molecular weight excluding hydrogens is 258 g/mol. The van der Waals surface area contributed by atoms with Crippen molar-refractivity contribution in [3.8, 4) is 0 Å². The Balaban J connectivity index is 1.58. The molecule has 1 aliphatic heterocycles. The number of aromatic nitrogens is 1. The molecule has 21 heavy (non-hydrogen) atoms. The molecule has 3 nitrogen and oxygen atoms in total. The van der Waals surface area contributed by atoms with Crippen LogP contribution in [-0.4, -0.2) is 35.6 Å². The van der Waals surface area contributed by atoms with E-state index in [0.717, 1.165) is 5.92 Å². The molecule has 0 amide bonds. The molecule has 0 saturated carbocycles. The fraction of sp³-hybridized carbons (Fsp3) is 0.500. The second kappa shape index (κ2) is 6.44. The highest BCUT2D eigenvalue weighted by Gasteiger charge is 2.21. The molecule has 1 saturated heterocycles. The zero-order valence-electron chi connectivity index (χ0n) is 13.0. The van der Waals surface area contributed by atoms with Crippen LogP contribution in [0.2, 0.25) is 0 Å². The van der Waals surface area contributed by atoms with E-state index < -0.39 is 0 Å². The normalized spacial score (nSPS) is 19.5. The van der Waals surface area contributed by atoms with Gasteiger partial charge in [0.25, 0.3) is 0 Å². The SMILES string of the molecule is CC(C)CCN1CCC(Nc2ccc3cnccc3c2)C1. The minimum Gasteiger partial charge on any atom is -0.381 e. The van der Waals surface area contributed by atoms with Gasteiger partial charge in [0.1, 0.15) is 0 Å². The number of hydrogen-bond donors (Lipinski definition) is 1. The summed E-state index contributed by atoms with van der Waals surface area (Å²) in [6.07, 6.45) is 6.32. The Kier molecular flexibility index (Phi) is 4.39. The van der Waals surface area contributed by atoms with Gasteiger partial charge in [0, 0.05) is 42.6 Å². The number of pyridine rings is 1. The highest BCUT2D eigenvalue weighted by molar-refractivity contribution is 5.84. The van der Waals surface area contributed by atoms with Gasteiger partial charge < -0.3 is 10.2 Å². The standard InChI is InChI=1S/C18H25N3/c1-14(2)6-9-21-10-7-18(13-21)20-17-4-3-16-12-19-8-5-15(16)11-17/h3-5,8,11-12,14,18,20H,6-7,9-10,13H2,1-2H3. The molecule has 0 radical (unpaired) electrons. The number of nitrogens with one attached hydrogen (secondary N) is 1. The molecule has 3 rings (SSSR count). The number of hydrogen-bond acceptors (Lipinski definition) is 3. The molecule has 1 aliphatic rings. The molecule has 0 bridgehead atoms. The Morgan fingerprint density at radius 2 is 2.19 bits per heavy atom. The molecule has 0 spiro atoms. The van der Waals surface area contributed by atoms with E-state index in [9.17, 15) is 0 Å². The summed E-state index contributed by atoms with van der Waals surface area (Å²) in [5, 5.41) is 6.14. The lowest BCUT2D eigenvalue weighted by molar-refractivity contribution is 0.311. The number of fused-ring (bicyclic) bond motifs is 1. The summed E-state index contributed by atoms with van der Waals surface area (Å²) in [4.78, 5) is 6.75. The smallest absolute Gasteiger partial charge is 0.0400 e. The Hall–Kier alpha value is -1.61. The summed E-state index contributed by atoms with van der Waals surface area (Å²) in [5.74, 6) is 0.797. The van der Waals surface area contributed by atoms with Crippen LogP contribution in [0.15, 0.2) is 36.7 Å². The quantitative estimate of drug-likeness (QED) is 0.905. The van der Waals surface area contributed by atoms with E-state index in [4.69, 9.17) is 0 Å². The van der Waals surface area contributed by atoms with Crippen molar-refractivity contribution in [3.05, 3.63) is 36.7 Å². The van der Waals surface area contributed by atoms with Gasteiger partial charge in [0.2, 0.25) is 0 Å². The van der Waals surface area contributed by atoms with Gasteiger partial charge in [-0.1, -0.05) is 19.9 Å². The second-order valence-corrected chi connectivity index (χ2v) is 6.55. The molecule has 2 heterocycles. The van der Waals surface area contributed by atoms with Gasteiger partial charge >= 0.3 is 0 Å². The van der Waals surface area contributed by atoms with Crippen molar-refractivity contribution in [1.29, 1.82) is 0 Å². The summed E-state index contributed by atoms with van der Waals surface area (Å²) < 4.78 is 0. The summed E-state index contributed by atoms with van der Waals surface area (Å²) in [7, 11) is 0. The van der Waals surface area contributed by atoms with E-state index >= 15 is 0 Å².